The van der Waals surface area contributed by atoms with Gasteiger partial charge in [-0.2, -0.15) is 4.98 Å². The van der Waals surface area contributed by atoms with E-state index in [1.807, 2.05) is 0 Å². The molecule has 1 aromatic heterocycles. The highest BCUT2D eigenvalue weighted by atomic mass is 32.2. The molecule has 0 spiro atoms. The Hall–Kier alpha value is -3.20. The van der Waals surface area contributed by atoms with Crippen LogP contribution in [-0.4, -0.2) is 39.8 Å². The van der Waals surface area contributed by atoms with Gasteiger partial charge in [-0.05, 0) is 43.2 Å². The highest BCUT2D eigenvalue weighted by Gasteiger charge is 2.33. The smallest absolute Gasteiger partial charge is 0.234 e. The summed E-state index contributed by atoms with van der Waals surface area (Å²) in [6.07, 6.45) is 1.91. The zero-order chi connectivity index (χ0) is 20.7. The summed E-state index contributed by atoms with van der Waals surface area (Å²) in [5.74, 6) is 1.89. The van der Waals surface area contributed by atoms with Gasteiger partial charge in [0.2, 0.25) is 26.6 Å². The number of ether oxygens (including phenoxy) is 3. The number of rotatable bonds is 6. The van der Waals surface area contributed by atoms with Crippen molar-refractivity contribution >= 4 is 15.7 Å². The Labute approximate surface area is 173 Å². The van der Waals surface area contributed by atoms with Crippen molar-refractivity contribution in [2.24, 2.45) is 0 Å². The van der Waals surface area contributed by atoms with Gasteiger partial charge in [-0.3, -0.25) is 0 Å². The van der Waals surface area contributed by atoms with Crippen LogP contribution in [0, 0.1) is 0 Å². The molecule has 0 radical (unpaired) electrons. The van der Waals surface area contributed by atoms with Crippen molar-refractivity contribution in [1.82, 2.24) is 4.98 Å². The van der Waals surface area contributed by atoms with Gasteiger partial charge >= 0.3 is 0 Å². The number of aromatic nitrogens is 1. The second kappa shape index (κ2) is 7.24. The van der Waals surface area contributed by atoms with Crippen LogP contribution in [-0.2, 0) is 9.84 Å². The third-order valence-corrected chi connectivity index (χ3v) is 6.56. The first-order valence-corrected chi connectivity index (χ1v) is 11.1. The number of nitrogens with zero attached hydrogens (tertiary/aromatic N) is 1. The van der Waals surface area contributed by atoms with Crippen molar-refractivity contribution in [3.05, 3.63) is 42.5 Å². The summed E-state index contributed by atoms with van der Waals surface area (Å²) in [5.41, 5.74) is 0.622. The highest BCUT2D eigenvalue weighted by Crippen LogP contribution is 2.38. The van der Waals surface area contributed by atoms with E-state index >= 15 is 0 Å². The molecule has 2 aromatic carbocycles. The fraction of sp³-hybridized carbons (Fsp3) is 0.286. The van der Waals surface area contributed by atoms with Crippen LogP contribution in [0.2, 0.25) is 0 Å². The second-order valence-electron chi connectivity index (χ2n) is 7.11. The van der Waals surface area contributed by atoms with Crippen molar-refractivity contribution in [2.45, 2.75) is 28.8 Å². The lowest BCUT2D eigenvalue weighted by Crippen LogP contribution is -2.16. The number of methoxy groups -OCH3 is 1. The van der Waals surface area contributed by atoms with E-state index in [2.05, 4.69) is 10.3 Å². The number of oxazole rings is 1. The first kappa shape index (κ1) is 18.8. The van der Waals surface area contributed by atoms with Crippen molar-refractivity contribution in [3.8, 4) is 28.7 Å². The maximum Gasteiger partial charge on any atom is 0.234 e. The predicted molar refractivity (Wildman–Crippen MR) is 108 cm³/mol. The van der Waals surface area contributed by atoms with Gasteiger partial charge in [-0.15, -0.1) is 0 Å². The molecule has 0 bridgehead atoms. The van der Waals surface area contributed by atoms with Crippen LogP contribution in [0.25, 0.3) is 11.5 Å². The van der Waals surface area contributed by atoms with E-state index in [1.165, 1.54) is 12.1 Å². The molecule has 1 aliphatic heterocycles. The van der Waals surface area contributed by atoms with E-state index in [4.69, 9.17) is 18.6 Å². The summed E-state index contributed by atoms with van der Waals surface area (Å²) < 4.78 is 49.0. The number of fused-ring (bicyclic) bond motifs is 1. The fourth-order valence-electron chi connectivity index (χ4n) is 3.17. The lowest BCUT2D eigenvalue weighted by Gasteiger charge is -2.18. The van der Waals surface area contributed by atoms with E-state index in [9.17, 15) is 8.42 Å². The third kappa shape index (κ3) is 3.45. The van der Waals surface area contributed by atoms with E-state index in [-0.39, 0.29) is 27.7 Å². The summed E-state index contributed by atoms with van der Waals surface area (Å²) in [7, 11) is -2.40. The lowest BCUT2D eigenvalue weighted by atomic mass is 10.2. The maximum absolute atomic E-state index is 13.4. The molecule has 3 aromatic rings. The topological polar surface area (TPSA) is 99.9 Å². The van der Waals surface area contributed by atoms with Gasteiger partial charge < -0.3 is 23.9 Å². The van der Waals surface area contributed by atoms with Gasteiger partial charge in [0.05, 0.1) is 12.0 Å². The Morgan fingerprint density at radius 2 is 1.87 bits per heavy atom. The van der Waals surface area contributed by atoms with Crippen LogP contribution in [0.4, 0.5) is 5.88 Å². The number of hydrogen-bond acceptors (Lipinski definition) is 8. The van der Waals surface area contributed by atoms with Crippen LogP contribution in [0.3, 0.4) is 0 Å². The van der Waals surface area contributed by atoms with Crippen molar-refractivity contribution < 1.29 is 27.0 Å². The average molecular weight is 428 g/mol. The quantitative estimate of drug-likeness (QED) is 0.637. The molecule has 2 heterocycles. The molecule has 0 saturated heterocycles. The summed E-state index contributed by atoms with van der Waals surface area (Å²) in [5, 5.41) is 3.00. The zero-order valence-electron chi connectivity index (χ0n) is 16.3. The number of nitrogens with one attached hydrogen (secondary N) is 1. The molecule has 1 saturated carbocycles. The normalized spacial score (nSPS) is 15.6. The molecule has 9 heteroatoms. The molecular formula is C21H20N2O6S. The summed E-state index contributed by atoms with van der Waals surface area (Å²) in [6, 6.07) is 11.9. The van der Waals surface area contributed by atoms with Crippen LogP contribution in [0.1, 0.15) is 12.8 Å². The van der Waals surface area contributed by atoms with E-state index in [0.29, 0.717) is 36.0 Å². The van der Waals surface area contributed by atoms with Gasteiger partial charge in [0, 0.05) is 17.7 Å². The molecule has 8 nitrogen and oxygen atoms in total. The number of sulfone groups is 1. The summed E-state index contributed by atoms with van der Waals surface area (Å²) >= 11 is 0. The van der Waals surface area contributed by atoms with E-state index in [0.717, 1.165) is 12.8 Å². The van der Waals surface area contributed by atoms with Crippen molar-refractivity contribution in [2.75, 3.05) is 25.6 Å². The minimum absolute atomic E-state index is 0.0658. The largest absolute Gasteiger partial charge is 0.497 e. The Kier molecular flexibility index (Phi) is 4.54. The Morgan fingerprint density at radius 1 is 1.07 bits per heavy atom. The van der Waals surface area contributed by atoms with Gasteiger partial charge in [-0.1, -0.05) is 6.07 Å². The summed E-state index contributed by atoms with van der Waals surface area (Å²) in [6.45, 7) is 0.802. The standard InChI is InChI=1S/C21H20N2O6S/c1-26-15-4-2-3-13(11-15)19-23-21(20(29-19)22-14-5-6-14)30(24,25)16-7-8-17-18(12-16)28-10-9-27-17/h2-4,7-8,11-12,14,22H,5-6,9-10H2,1H3. The number of hydrogen-bond donors (Lipinski definition) is 1. The van der Waals surface area contributed by atoms with Gasteiger partial charge in [0.25, 0.3) is 0 Å². The van der Waals surface area contributed by atoms with Gasteiger partial charge in [0.15, 0.2) is 11.5 Å². The van der Waals surface area contributed by atoms with Crippen molar-refractivity contribution in [3.63, 3.8) is 0 Å². The fourth-order valence-corrected chi connectivity index (χ4v) is 4.45. The maximum atomic E-state index is 13.4. The first-order valence-electron chi connectivity index (χ1n) is 9.61. The predicted octanol–water partition coefficient (Wildman–Crippen LogP) is 3.53. The van der Waals surface area contributed by atoms with Crippen LogP contribution in [0.15, 0.2) is 56.8 Å². The molecular weight excluding hydrogens is 408 g/mol. The van der Waals surface area contributed by atoms with E-state index < -0.39 is 9.84 Å². The Bertz CT molecular complexity index is 1200. The van der Waals surface area contributed by atoms with Crippen LogP contribution in [0.5, 0.6) is 17.2 Å². The van der Waals surface area contributed by atoms with Crippen LogP contribution < -0.4 is 19.5 Å². The molecule has 1 fully saturated rings. The molecule has 1 N–H and O–H groups in total. The molecule has 5 rings (SSSR count). The minimum Gasteiger partial charge on any atom is -0.497 e. The monoisotopic (exact) mass is 428 g/mol. The lowest BCUT2D eigenvalue weighted by molar-refractivity contribution is 0.171. The average Bonchev–Trinajstić information content (AvgIpc) is 3.49. The molecule has 2 aliphatic rings. The molecule has 30 heavy (non-hydrogen) atoms. The van der Waals surface area contributed by atoms with Crippen molar-refractivity contribution in [1.29, 1.82) is 0 Å². The molecule has 0 amide bonds. The number of anilines is 1. The SMILES string of the molecule is COc1cccc(-c2nc(S(=O)(=O)c3ccc4c(c3)OCCO4)c(NC3CC3)o2)c1. The first-order chi connectivity index (χ1) is 14.5. The third-order valence-electron chi connectivity index (χ3n) is 4.90. The molecule has 1 aliphatic carbocycles. The zero-order valence-corrected chi connectivity index (χ0v) is 17.1. The van der Waals surface area contributed by atoms with E-state index in [1.54, 1.807) is 37.4 Å². The second-order valence-corrected chi connectivity index (χ2v) is 8.98. The molecule has 156 valence electrons. The van der Waals surface area contributed by atoms with Gasteiger partial charge in [-0.25, -0.2) is 8.42 Å². The highest BCUT2D eigenvalue weighted by molar-refractivity contribution is 7.91. The Balaban J connectivity index is 1.58. The van der Waals surface area contributed by atoms with Gasteiger partial charge in [0.1, 0.15) is 19.0 Å². The number of benzene rings is 2. The Morgan fingerprint density at radius 3 is 2.63 bits per heavy atom. The molecule has 0 atom stereocenters. The minimum atomic E-state index is -3.96. The van der Waals surface area contributed by atoms with Crippen LogP contribution >= 0.6 is 0 Å². The summed E-state index contributed by atoms with van der Waals surface area (Å²) in [4.78, 5) is 4.42. The molecule has 0 unspecified atom stereocenters.